The van der Waals surface area contributed by atoms with E-state index in [4.69, 9.17) is 4.74 Å². The summed E-state index contributed by atoms with van der Waals surface area (Å²) in [5.74, 6) is 2.09. The van der Waals surface area contributed by atoms with Crippen molar-refractivity contribution in [1.29, 1.82) is 0 Å². The maximum absolute atomic E-state index is 13.7. The first-order chi connectivity index (χ1) is 16.6. The fourth-order valence-corrected chi connectivity index (χ4v) is 6.04. The second-order valence-electron chi connectivity index (χ2n) is 10.7. The van der Waals surface area contributed by atoms with Gasteiger partial charge in [0.25, 0.3) is 5.91 Å². The Morgan fingerprint density at radius 1 is 1.21 bits per heavy atom. The van der Waals surface area contributed by atoms with Crippen LogP contribution in [-0.4, -0.2) is 55.0 Å². The van der Waals surface area contributed by atoms with Crippen LogP contribution in [0.4, 0.5) is 10.1 Å². The molecule has 6 heteroatoms. The number of amides is 1. The molecule has 0 bridgehead atoms. The predicted octanol–water partition coefficient (Wildman–Crippen LogP) is 4.81. The van der Waals surface area contributed by atoms with E-state index in [-0.39, 0.29) is 11.7 Å². The van der Waals surface area contributed by atoms with Gasteiger partial charge in [0.1, 0.15) is 18.2 Å². The zero-order valence-corrected chi connectivity index (χ0v) is 20.0. The third kappa shape index (κ3) is 4.17. The summed E-state index contributed by atoms with van der Waals surface area (Å²) in [4.78, 5) is 17.2. The van der Waals surface area contributed by atoms with E-state index >= 15 is 0 Å². The Labute approximate surface area is 201 Å². The molecule has 0 radical (unpaired) electrons. The van der Waals surface area contributed by atoms with Crippen molar-refractivity contribution in [3.63, 3.8) is 0 Å². The first kappa shape index (κ1) is 21.9. The molecule has 4 aliphatic rings. The van der Waals surface area contributed by atoms with E-state index in [0.717, 1.165) is 84.9 Å². The van der Waals surface area contributed by atoms with Gasteiger partial charge in [0.2, 0.25) is 0 Å². The van der Waals surface area contributed by atoms with Crippen LogP contribution >= 0.6 is 0 Å². The van der Waals surface area contributed by atoms with Crippen LogP contribution in [0.2, 0.25) is 0 Å². The highest BCUT2D eigenvalue weighted by Crippen LogP contribution is 2.38. The first-order valence-electron chi connectivity index (χ1n) is 12.9. The highest BCUT2D eigenvalue weighted by Gasteiger charge is 2.36. The average Bonchev–Trinajstić information content (AvgIpc) is 3.50. The number of benzene rings is 2. The fraction of sp³-hybridized carbons (Fsp3) is 0.536. The number of anilines is 1. The molecule has 2 atom stereocenters. The summed E-state index contributed by atoms with van der Waals surface area (Å²) in [6.07, 6.45) is 6.89. The van der Waals surface area contributed by atoms with Gasteiger partial charge in [0.05, 0.1) is 5.56 Å². The molecule has 1 aliphatic carbocycles. The molecule has 5 nitrogen and oxygen atoms in total. The molecule has 1 unspecified atom stereocenters. The van der Waals surface area contributed by atoms with E-state index in [9.17, 15) is 9.18 Å². The fourth-order valence-electron chi connectivity index (χ4n) is 6.04. The first-order valence-corrected chi connectivity index (χ1v) is 12.9. The Morgan fingerprint density at radius 3 is 2.94 bits per heavy atom. The van der Waals surface area contributed by atoms with Gasteiger partial charge in [0, 0.05) is 49.9 Å². The van der Waals surface area contributed by atoms with E-state index in [1.54, 1.807) is 11.0 Å². The molecular formula is C28H34FN3O2. The Balaban J connectivity index is 1.10. The highest BCUT2D eigenvalue weighted by molar-refractivity contribution is 6.00. The Kier molecular flexibility index (Phi) is 5.72. The molecule has 0 spiro atoms. The van der Waals surface area contributed by atoms with Crippen LogP contribution in [-0.2, 0) is 13.0 Å². The summed E-state index contributed by atoms with van der Waals surface area (Å²) in [6.45, 7) is 4.48. The molecule has 0 saturated heterocycles. The van der Waals surface area contributed by atoms with Crippen LogP contribution in [0.5, 0.6) is 5.75 Å². The van der Waals surface area contributed by atoms with Gasteiger partial charge in [0.15, 0.2) is 0 Å². The lowest BCUT2D eigenvalue weighted by Crippen LogP contribution is -2.45. The lowest BCUT2D eigenvalue weighted by Gasteiger charge is -2.36. The lowest BCUT2D eigenvalue weighted by atomic mass is 9.93. The minimum absolute atomic E-state index is 0.131. The number of fused-ring (bicyclic) bond motifs is 4. The van der Waals surface area contributed by atoms with E-state index in [2.05, 4.69) is 22.3 Å². The number of unbranched alkanes of at least 4 members (excludes halogenated alkanes) is 1. The van der Waals surface area contributed by atoms with E-state index < -0.39 is 0 Å². The van der Waals surface area contributed by atoms with E-state index in [1.165, 1.54) is 18.9 Å². The summed E-state index contributed by atoms with van der Waals surface area (Å²) < 4.78 is 19.9. The summed E-state index contributed by atoms with van der Waals surface area (Å²) in [7, 11) is 1.88. The second kappa shape index (κ2) is 8.88. The Morgan fingerprint density at radius 2 is 2.09 bits per heavy atom. The molecule has 1 fully saturated rings. The van der Waals surface area contributed by atoms with Gasteiger partial charge in [-0.25, -0.2) is 4.39 Å². The number of hydrogen-bond donors (Lipinski definition) is 1. The molecule has 3 aliphatic heterocycles. The maximum Gasteiger partial charge on any atom is 0.254 e. The van der Waals surface area contributed by atoms with Gasteiger partial charge < -0.3 is 15.0 Å². The van der Waals surface area contributed by atoms with Crippen molar-refractivity contribution in [2.24, 2.45) is 5.92 Å². The van der Waals surface area contributed by atoms with Gasteiger partial charge in [-0.3, -0.25) is 9.69 Å². The summed E-state index contributed by atoms with van der Waals surface area (Å²) in [5.41, 5.74) is 5.35. The SMILES string of the molecule is CN1Cc2ccc3c(c2C1=O)C[C@@H](N(CCCCC1CNc2ccc(F)cc21)CC1CC1)CO3. The molecule has 0 aromatic heterocycles. The zero-order valence-electron chi connectivity index (χ0n) is 20.0. The van der Waals surface area contributed by atoms with Gasteiger partial charge in [-0.05, 0) is 80.0 Å². The molecule has 2 aromatic carbocycles. The van der Waals surface area contributed by atoms with Crippen LogP contribution in [0, 0.1) is 11.7 Å². The van der Waals surface area contributed by atoms with Crippen LogP contribution in [0.3, 0.4) is 0 Å². The number of nitrogens with zero attached hydrogens (tertiary/aromatic N) is 2. The van der Waals surface area contributed by atoms with E-state index in [1.807, 2.05) is 13.1 Å². The lowest BCUT2D eigenvalue weighted by molar-refractivity contribution is 0.0810. The number of ether oxygens (including phenoxy) is 1. The molecule has 1 amide bonds. The average molecular weight is 464 g/mol. The molecule has 3 heterocycles. The summed E-state index contributed by atoms with van der Waals surface area (Å²) in [5, 5.41) is 3.43. The van der Waals surface area contributed by atoms with Crippen LogP contribution in [0.1, 0.15) is 65.1 Å². The number of nitrogens with one attached hydrogen (secondary N) is 1. The van der Waals surface area contributed by atoms with Crippen molar-refractivity contribution in [3.8, 4) is 5.75 Å². The maximum atomic E-state index is 13.7. The van der Waals surface area contributed by atoms with Crippen molar-refractivity contribution < 1.29 is 13.9 Å². The minimum Gasteiger partial charge on any atom is -0.492 e. The van der Waals surface area contributed by atoms with Crippen molar-refractivity contribution in [2.75, 3.05) is 38.6 Å². The van der Waals surface area contributed by atoms with Gasteiger partial charge in [-0.15, -0.1) is 0 Å². The molecule has 6 rings (SSSR count). The van der Waals surface area contributed by atoms with Crippen LogP contribution < -0.4 is 10.1 Å². The van der Waals surface area contributed by atoms with Crippen molar-refractivity contribution in [3.05, 3.63) is 58.4 Å². The summed E-state index contributed by atoms with van der Waals surface area (Å²) >= 11 is 0. The van der Waals surface area contributed by atoms with Crippen molar-refractivity contribution >= 4 is 11.6 Å². The smallest absolute Gasteiger partial charge is 0.254 e. The van der Waals surface area contributed by atoms with Gasteiger partial charge in [-0.1, -0.05) is 12.5 Å². The third-order valence-electron chi connectivity index (χ3n) is 8.14. The molecule has 34 heavy (non-hydrogen) atoms. The molecule has 2 aromatic rings. The quantitative estimate of drug-likeness (QED) is 0.571. The summed E-state index contributed by atoms with van der Waals surface area (Å²) in [6, 6.07) is 9.53. The number of carbonyl (C=O) groups is 1. The number of hydrogen-bond acceptors (Lipinski definition) is 4. The normalized spacial score (nSPS) is 22.9. The number of rotatable bonds is 8. The zero-order chi connectivity index (χ0) is 23.2. The van der Waals surface area contributed by atoms with Crippen molar-refractivity contribution in [2.45, 2.75) is 57.0 Å². The molecule has 1 saturated carbocycles. The standard InChI is InChI=1S/C28H34FN3O2/c1-31-16-20-7-10-26-24(27(20)28(31)33)13-22(17-34-26)32(15-18-5-6-18)11-3-2-4-19-14-30-25-9-8-21(29)12-23(19)25/h7-10,12,18-19,22,30H,2-6,11,13-17H2,1H3/t19?,22-/m1/s1. The largest absolute Gasteiger partial charge is 0.492 e. The Bertz CT molecular complexity index is 1100. The molecular weight excluding hydrogens is 429 g/mol. The number of halogens is 1. The molecule has 1 N–H and O–H groups in total. The monoisotopic (exact) mass is 463 g/mol. The van der Waals surface area contributed by atoms with Crippen molar-refractivity contribution in [1.82, 2.24) is 9.80 Å². The number of carbonyl (C=O) groups excluding carboxylic acids is 1. The minimum atomic E-state index is -0.142. The highest BCUT2D eigenvalue weighted by atomic mass is 19.1. The van der Waals surface area contributed by atoms with Gasteiger partial charge >= 0.3 is 0 Å². The van der Waals surface area contributed by atoms with E-state index in [0.29, 0.717) is 25.1 Å². The van der Waals surface area contributed by atoms with Gasteiger partial charge in [-0.2, -0.15) is 0 Å². The van der Waals surface area contributed by atoms with Crippen LogP contribution in [0.15, 0.2) is 30.3 Å². The predicted molar refractivity (Wildman–Crippen MR) is 131 cm³/mol. The molecule has 180 valence electrons. The van der Waals surface area contributed by atoms with Crippen LogP contribution in [0.25, 0.3) is 0 Å². The third-order valence-corrected chi connectivity index (χ3v) is 8.14. The second-order valence-corrected chi connectivity index (χ2v) is 10.7. The Hall–Kier alpha value is -2.60. The topological polar surface area (TPSA) is 44.8 Å².